The van der Waals surface area contributed by atoms with Crippen molar-refractivity contribution in [3.05, 3.63) is 57.8 Å². The first-order valence-electron chi connectivity index (χ1n) is 9.51. The lowest BCUT2D eigenvalue weighted by molar-refractivity contribution is -0.137. The molecule has 0 saturated carbocycles. The van der Waals surface area contributed by atoms with Crippen LogP contribution in [0.3, 0.4) is 0 Å². The molecule has 1 aromatic heterocycles. The van der Waals surface area contributed by atoms with Gasteiger partial charge in [0.05, 0.1) is 5.56 Å². The van der Waals surface area contributed by atoms with Gasteiger partial charge in [0.25, 0.3) is 0 Å². The molecule has 1 aromatic carbocycles. The first kappa shape index (κ1) is 21.4. The zero-order valence-electron chi connectivity index (χ0n) is 15.8. The Morgan fingerprint density at radius 2 is 1.93 bits per heavy atom. The van der Waals surface area contributed by atoms with E-state index in [2.05, 4.69) is 16.0 Å². The normalized spacial score (nSPS) is 19.2. The van der Waals surface area contributed by atoms with E-state index in [0.717, 1.165) is 23.3 Å². The summed E-state index contributed by atoms with van der Waals surface area (Å²) in [6, 6.07) is 6.99. The van der Waals surface area contributed by atoms with Crippen LogP contribution in [0, 0.1) is 0 Å². The number of thiophene rings is 1. The molecular weight excluding hydrogens is 401 g/mol. The Balaban J connectivity index is 1.45. The lowest BCUT2D eigenvalue weighted by Gasteiger charge is -2.29. The van der Waals surface area contributed by atoms with Crippen molar-refractivity contribution in [1.82, 2.24) is 10.6 Å². The standard InChI is InChI=1S/C21H23F3N2O2S/c22-21(23,24)17-3-1-15(2-4-17)7-11-25-18(27)5-9-20(10-6-19(28)26-20)13-16-8-12-29-14-16/h1-4,8,12,14H,5-7,9-11,13H2,(H,25,27)(H,26,28)/t20-/m1/s1. The van der Waals surface area contributed by atoms with Gasteiger partial charge in [0.1, 0.15) is 0 Å². The predicted octanol–water partition coefficient (Wildman–Crippen LogP) is 4.10. The highest BCUT2D eigenvalue weighted by atomic mass is 32.1. The molecule has 1 saturated heterocycles. The van der Waals surface area contributed by atoms with Gasteiger partial charge >= 0.3 is 6.18 Å². The number of nitrogens with one attached hydrogen (secondary N) is 2. The molecule has 1 aliphatic heterocycles. The monoisotopic (exact) mass is 424 g/mol. The molecule has 0 aliphatic carbocycles. The first-order valence-corrected chi connectivity index (χ1v) is 10.4. The SMILES string of the molecule is O=C(CC[C@]1(Cc2ccsc2)CCC(=O)N1)NCCc1ccc(C(F)(F)F)cc1. The zero-order chi connectivity index (χ0) is 20.9. The molecule has 2 heterocycles. The maximum Gasteiger partial charge on any atom is 0.416 e. The third-order valence-electron chi connectivity index (χ3n) is 5.21. The summed E-state index contributed by atoms with van der Waals surface area (Å²) in [7, 11) is 0. The van der Waals surface area contributed by atoms with Crippen molar-refractivity contribution in [2.75, 3.05) is 6.54 Å². The predicted molar refractivity (Wildman–Crippen MR) is 106 cm³/mol. The van der Waals surface area contributed by atoms with E-state index in [4.69, 9.17) is 0 Å². The fourth-order valence-electron chi connectivity index (χ4n) is 3.61. The van der Waals surface area contributed by atoms with Gasteiger partial charge in [-0.1, -0.05) is 12.1 Å². The molecule has 1 atom stereocenters. The van der Waals surface area contributed by atoms with Crippen molar-refractivity contribution in [1.29, 1.82) is 0 Å². The van der Waals surface area contributed by atoms with Gasteiger partial charge in [0.15, 0.2) is 0 Å². The fraction of sp³-hybridized carbons (Fsp3) is 0.429. The summed E-state index contributed by atoms with van der Waals surface area (Å²) in [5, 5.41) is 9.92. The molecule has 1 fully saturated rings. The number of hydrogen-bond donors (Lipinski definition) is 2. The summed E-state index contributed by atoms with van der Waals surface area (Å²) in [6.07, 6.45) is -1.15. The van der Waals surface area contributed by atoms with Gasteiger partial charge in [-0.3, -0.25) is 9.59 Å². The molecule has 2 amide bonds. The number of benzene rings is 1. The number of halogens is 3. The maximum absolute atomic E-state index is 12.6. The van der Waals surface area contributed by atoms with Crippen molar-refractivity contribution >= 4 is 23.2 Å². The maximum atomic E-state index is 12.6. The highest BCUT2D eigenvalue weighted by Crippen LogP contribution is 2.30. The second-order valence-electron chi connectivity index (χ2n) is 7.43. The lowest BCUT2D eigenvalue weighted by atomic mass is 9.85. The van der Waals surface area contributed by atoms with Crippen LogP contribution in [0.25, 0.3) is 0 Å². The van der Waals surface area contributed by atoms with Crippen LogP contribution >= 0.6 is 11.3 Å². The Kier molecular flexibility index (Phi) is 6.62. The Morgan fingerprint density at radius 3 is 2.52 bits per heavy atom. The minimum Gasteiger partial charge on any atom is -0.356 e. The van der Waals surface area contributed by atoms with Crippen molar-refractivity contribution in [2.24, 2.45) is 0 Å². The van der Waals surface area contributed by atoms with E-state index in [1.165, 1.54) is 12.1 Å². The highest BCUT2D eigenvalue weighted by molar-refractivity contribution is 7.07. The Labute approximate surface area is 171 Å². The number of carbonyl (C=O) groups excluding carboxylic acids is 2. The van der Waals surface area contributed by atoms with Crippen molar-refractivity contribution in [3.63, 3.8) is 0 Å². The summed E-state index contributed by atoms with van der Waals surface area (Å²) in [4.78, 5) is 24.0. The van der Waals surface area contributed by atoms with Crippen LogP contribution in [0.4, 0.5) is 13.2 Å². The van der Waals surface area contributed by atoms with Crippen molar-refractivity contribution in [2.45, 2.75) is 50.2 Å². The van der Waals surface area contributed by atoms with E-state index in [0.29, 0.717) is 38.6 Å². The third kappa shape index (κ3) is 6.06. The number of carbonyl (C=O) groups is 2. The molecule has 1 aliphatic rings. The molecule has 2 aromatic rings. The van der Waals surface area contributed by atoms with Crippen LogP contribution in [-0.4, -0.2) is 23.9 Å². The topological polar surface area (TPSA) is 58.2 Å². The van der Waals surface area contributed by atoms with Crippen LogP contribution in [0.5, 0.6) is 0 Å². The van der Waals surface area contributed by atoms with E-state index in [1.807, 2.05) is 11.4 Å². The van der Waals surface area contributed by atoms with Crippen LogP contribution in [0.15, 0.2) is 41.1 Å². The summed E-state index contributed by atoms with van der Waals surface area (Å²) < 4.78 is 37.7. The first-order chi connectivity index (χ1) is 13.8. The Hall–Kier alpha value is -2.35. The van der Waals surface area contributed by atoms with Crippen molar-refractivity contribution < 1.29 is 22.8 Å². The van der Waals surface area contributed by atoms with Gasteiger partial charge in [-0.2, -0.15) is 24.5 Å². The van der Waals surface area contributed by atoms with E-state index < -0.39 is 11.7 Å². The largest absolute Gasteiger partial charge is 0.416 e. The third-order valence-corrected chi connectivity index (χ3v) is 5.94. The molecule has 29 heavy (non-hydrogen) atoms. The second kappa shape index (κ2) is 8.98. The molecule has 0 spiro atoms. The number of amides is 2. The van der Waals surface area contributed by atoms with Gasteiger partial charge in [0, 0.05) is 24.9 Å². The van der Waals surface area contributed by atoms with Gasteiger partial charge in [-0.05, 0) is 65.8 Å². The number of rotatable bonds is 8. The molecular formula is C21H23F3N2O2S. The van der Waals surface area contributed by atoms with E-state index >= 15 is 0 Å². The summed E-state index contributed by atoms with van der Waals surface area (Å²) >= 11 is 1.60. The summed E-state index contributed by atoms with van der Waals surface area (Å²) in [6.45, 7) is 0.355. The average molecular weight is 424 g/mol. The average Bonchev–Trinajstić information content (AvgIpc) is 3.30. The number of alkyl halides is 3. The number of hydrogen-bond acceptors (Lipinski definition) is 3. The van der Waals surface area contributed by atoms with Gasteiger partial charge in [-0.15, -0.1) is 0 Å². The molecule has 3 rings (SSSR count). The van der Waals surface area contributed by atoms with Crippen LogP contribution < -0.4 is 10.6 Å². The minimum atomic E-state index is -4.35. The molecule has 4 nitrogen and oxygen atoms in total. The smallest absolute Gasteiger partial charge is 0.356 e. The Morgan fingerprint density at radius 1 is 1.17 bits per heavy atom. The summed E-state index contributed by atoms with van der Waals surface area (Å²) in [5.74, 6) is -0.106. The molecule has 0 radical (unpaired) electrons. The van der Waals surface area contributed by atoms with Gasteiger partial charge in [-0.25, -0.2) is 0 Å². The quantitative estimate of drug-likeness (QED) is 0.671. The zero-order valence-corrected chi connectivity index (χ0v) is 16.7. The minimum absolute atomic E-state index is 0.0166. The van der Waals surface area contributed by atoms with Gasteiger partial charge in [0.2, 0.25) is 11.8 Å². The highest BCUT2D eigenvalue weighted by Gasteiger charge is 2.37. The Bertz CT molecular complexity index is 835. The molecule has 156 valence electrons. The van der Waals surface area contributed by atoms with E-state index in [1.54, 1.807) is 11.3 Å². The van der Waals surface area contributed by atoms with Crippen LogP contribution in [-0.2, 0) is 28.6 Å². The van der Waals surface area contributed by atoms with Crippen LogP contribution in [0.1, 0.15) is 42.4 Å². The molecule has 0 bridgehead atoms. The molecule has 8 heteroatoms. The lowest BCUT2D eigenvalue weighted by Crippen LogP contribution is -2.44. The van der Waals surface area contributed by atoms with Gasteiger partial charge < -0.3 is 10.6 Å². The molecule has 2 N–H and O–H groups in total. The van der Waals surface area contributed by atoms with Crippen molar-refractivity contribution in [3.8, 4) is 0 Å². The fourth-order valence-corrected chi connectivity index (χ4v) is 4.28. The second-order valence-corrected chi connectivity index (χ2v) is 8.21. The summed E-state index contributed by atoms with van der Waals surface area (Å²) in [5.41, 5.74) is 0.818. The molecule has 0 unspecified atom stereocenters. The van der Waals surface area contributed by atoms with Crippen LogP contribution in [0.2, 0.25) is 0 Å². The van der Waals surface area contributed by atoms with E-state index in [-0.39, 0.29) is 23.8 Å². The van der Waals surface area contributed by atoms with E-state index in [9.17, 15) is 22.8 Å².